The highest BCUT2D eigenvalue weighted by atomic mass is 16.6. The maximum atomic E-state index is 10.6. The third-order valence-electron chi connectivity index (χ3n) is 7.07. The van der Waals surface area contributed by atoms with E-state index in [1.165, 1.54) is 25.5 Å². The van der Waals surface area contributed by atoms with Gasteiger partial charge in [0.05, 0.1) is 12.3 Å². The van der Waals surface area contributed by atoms with E-state index in [1.807, 2.05) is 6.08 Å². The predicted molar refractivity (Wildman–Crippen MR) is 95.0 cm³/mol. The molecule has 2 N–H and O–H groups in total. The molecular weight excluding hydrogens is 302 g/mol. The maximum Gasteiger partial charge on any atom is 0.155 e. The first-order valence-electron chi connectivity index (χ1n) is 9.20. The van der Waals surface area contributed by atoms with Crippen molar-refractivity contribution in [2.24, 2.45) is 27.8 Å². The SMILES string of the molecule is C=CC1=C(/C=N/O)[C@@H]2O[C@@H](O)C[C@H]3C(C)(C)CCC[C@]3(C)[C@H]2CC1. The Hall–Kier alpha value is -1.13. The highest BCUT2D eigenvalue weighted by Crippen LogP contribution is 2.61. The number of allylic oxidation sites excluding steroid dienone is 2. The molecule has 0 spiro atoms. The van der Waals surface area contributed by atoms with Crippen LogP contribution in [0.2, 0.25) is 0 Å². The van der Waals surface area contributed by atoms with Gasteiger partial charge in [0, 0.05) is 12.0 Å². The third kappa shape index (κ3) is 2.74. The smallest absolute Gasteiger partial charge is 0.155 e. The molecule has 1 saturated heterocycles. The molecule has 1 heterocycles. The minimum absolute atomic E-state index is 0.130. The van der Waals surface area contributed by atoms with Crippen LogP contribution in [-0.2, 0) is 4.74 Å². The van der Waals surface area contributed by atoms with E-state index in [4.69, 9.17) is 9.94 Å². The van der Waals surface area contributed by atoms with E-state index in [2.05, 4.69) is 32.5 Å². The predicted octanol–water partition coefficient (Wildman–Crippen LogP) is 4.28. The average Bonchev–Trinajstić information content (AvgIpc) is 2.63. The molecule has 0 aromatic carbocycles. The van der Waals surface area contributed by atoms with Crippen LogP contribution in [0.4, 0.5) is 0 Å². The summed E-state index contributed by atoms with van der Waals surface area (Å²) in [7, 11) is 0. The Morgan fingerprint density at radius 1 is 1.29 bits per heavy atom. The fourth-order valence-corrected chi connectivity index (χ4v) is 5.91. The first-order chi connectivity index (χ1) is 11.3. The van der Waals surface area contributed by atoms with Crippen molar-refractivity contribution in [1.29, 1.82) is 0 Å². The molecule has 0 unspecified atom stereocenters. The first-order valence-corrected chi connectivity index (χ1v) is 9.20. The quantitative estimate of drug-likeness (QED) is 0.450. The second-order valence-corrected chi connectivity index (χ2v) is 8.72. The number of rotatable bonds is 2. The number of fused-ring (bicyclic) bond motifs is 3. The Kier molecular flexibility index (Phi) is 4.65. The van der Waals surface area contributed by atoms with Crippen molar-refractivity contribution < 1.29 is 15.1 Å². The van der Waals surface area contributed by atoms with Gasteiger partial charge in [-0.25, -0.2) is 0 Å². The van der Waals surface area contributed by atoms with E-state index in [0.717, 1.165) is 24.0 Å². The van der Waals surface area contributed by atoms with Crippen LogP contribution >= 0.6 is 0 Å². The largest absolute Gasteiger partial charge is 0.411 e. The Balaban J connectivity index is 2.08. The Bertz CT molecular complexity index is 565. The van der Waals surface area contributed by atoms with Crippen molar-refractivity contribution in [3.8, 4) is 0 Å². The topological polar surface area (TPSA) is 62.1 Å². The van der Waals surface area contributed by atoms with Gasteiger partial charge >= 0.3 is 0 Å². The summed E-state index contributed by atoms with van der Waals surface area (Å²) in [5.74, 6) is 0.761. The second kappa shape index (κ2) is 6.30. The van der Waals surface area contributed by atoms with Gasteiger partial charge in [-0.05, 0) is 53.9 Å². The standard InChI is InChI=1S/C20H31NO3/c1-5-13-7-8-15-18(14(13)12-21-23)24-17(22)11-16-19(2,3)9-6-10-20(15,16)4/h5,12,15-18,22-23H,1,6-11H2,2-4H3/b21-12+/t15-,16-,17+,18-,20+/m0/s1. The van der Waals surface area contributed by atoms with Crippen LogP contribution < -0.4 is 0 Å². The van der Waals surface area contributed by atoms with Gasteiger partial charge in [-0.15, -0.1) is 0 Å². The van der Waals surface area contributed by atoms with E-state index in [1.54, 1.807) is 0 Å². The minimum atomic E-state index is -0.770. The number of hydrogen-bond acceptors (Lipinski definition) is 4. The van der Waals surface area contributed by atoms with Crippen molar-refractivity contribution in [1.82, 2.24) is 0 Å². The van der Waals surface area contributed by atoms with Gasteiger partial charge in [-0.1, -0.05) is 45.0 Å². The zero-order chi connectivity index (χ0) is 17.5. The molecule has 3 rings (SSSR count). The highest BCUT2D eigenvalue weighted by Gasteiger charge is 2.56. The molecule has 4 nitrogen and oxygen atoms in total. The highest BCUT2D eigenvalue weighted by molar-refractivity contribution is 5.82. The number of aliphatic hydroxyl groups is 1. The number of ether oxygens (including phenoxy) is 1. The van der Waals surface area contributed by atoms with Crippen LogP contribution in [0.3, 0.4) is 0 Å². The zero-order valence-electron chi connectivity index (χ0n) is 15.2. The molecule has 3 aliphatic rings. The van der Waals surface area contributed by atoms with Gasteiger partial charge in [-0.2, -0.15) is 0 Å². The molecule has 0 aromatic heterocycles. The molecule has 0 radical (unpaired) electrons. The molecule has 4 heteroatoms. The van der Waals surface area contributed by atoms with Crippen LogP contribution in [-0.4, -0.2) is 28.9 Å². The van der Waals surface area contributed by atoms with Crippen LogP contribution in [0, 0.1) is 22.7 Å². The minimum Gasteiger partial charge on any atom is -0.411 e. The monoisotopic (exact) mass is 333 g/mol. The first kappa shape index (κ1) is 17.7. The van der Waals surface area contributed by atoms with Gasteiger partial charge < -0.3 is 15.1 Å². The van der Waals surface area contributed by atoms with E-state index < -0.39 is 6.29 Å². The van der Waals surface area contributed by atoms with E-state index in [-0.39, 0.29) is 16.9 Å². The Labute approximate surface area is 145 Å². The molecule has 134 valence electrons. The van der Waals surface area contributed by atoms with Crippen molar-refractivity contribution >= 4 is 6.21 Å². The van der Waals surface area contributed by atoms with Crippen molar-refractivity contribution in [3.63, 3.8) is 0 Å². The summed E-state index contributed by atoms with van der Waals surface area (Å²) in [5.41, 5.74) is 2.29. The summed E-state index contributed by atoms with van der Waals surface area (Å²) >= 11 is 0. The third-order valence-corrected chi connectivity index (χ3v) is 7.07. The summed E-state index contributed by atoms with van der Waals surface area (Å²) in [6.07, 6.45) is 8.57. The summed E-state index contributed by atoms with van der Waals surface area (Å²) in [4.78, 5) is 0. The molecular formula is C20H31NO3. The molecule has 5 atom stereocenters. The summed E-state index contributed by atoms with van der Waals surface area (Å²) < 4.78 is 6.11. The molecule has 0 amide bonds. The van der Waals surface area contributed by atoms with Crippen molar-refractivity contribution in [2.75, 3.05) is 0 Å². The molecule has 0 bridgehead atoms. The fourth-order valence-electron chi connectivity index (χ4n) is 5.91. The van der Waals surface area contributed by atoms with Crippen LogP contribution in [0.15, 0.2) is 29.0 Å². The van der Waals surface area contributed by atoms with E-state index >= 15 is 0 Å². The number of oxime groups is 1. The van der Waals surface area contributed by atoms with Gasteiger partial charge in [-0.3, -0.25) is 0 Å². The molecule has 0 aromatic rings. The Morgan fingerprint density at radius 3 is 2.71 bits per heavy atom. The lowest BCUT2D eigenvalue weighted by atomic mass is 9.49. The van der Waals surface area contributed by atoms with Gasteiger partial charge in [0.2, 0.25) is 0 Å². The number of nitrogens with zero attached hydrogens (tertiary/aromatic N) is 1. The van der Waals surface area contributed by atoms with Crippen molar-refractivity contribution in [3.05, 3.63) is 23.8 Å². The van der Waals surface area contributed by atoms with Gasteiger partial charge in [0.15, 0.2) is 6.29 Å². The zero-order valence-corrected chi connectivity index (χ0v) is 15.2. The summed E-state index contributed by atoms with van der Waals surface area (Å²) in [5, 5.41) is 23.0. The molecule has 2 fully saturated rings. The van der Waals surface area contributed by atoms with E-state index in [0.29, 0.717) is 18.3 Å². The Morgan fingerprint density at radius 2 is 2.04 bits per heavy atom. The van der Waals surface area contributed by atoms with Crippen LogP contribution in [0.25, 0.3) is 0 Å². The van der Waals surface area contributed by atoms with Crippen LogP contribution in [0.5, 0.6) is 0 Å². The molecule has 1 aliphatic heterocycles. The van der Waals surface area contributed by atoms with E-state index in [9.17, 15) is 5.11 Å². The van der Waals surface area contributed by atoms with Crippen LogP contribution in [0.1, 0.15) is 59.3 Å². The second-order valence-electron chi connectivity index (χ2n) is 8.72. The lowest BCUT2D eigenvalue weighted by Crippen LogP contribution is -2.49. The lowest BCUT2D eigenvalue weighted by Gasteiger charge is -2.55. The fraction of sp³-hybridized carbons (Fsp3) is 0.750. The molecule has 24 heavy (non-hydrogen) atoms. The maximum absolute atomic E-state index is 10.6. The molecule has 2 aliphatic carbocycles. The lowest BCUT2D eigenvalue weighted by molar-refractivity contribution is -0.137. The molecule has 1 saturated carbocycles. The summed E-state index contributed by atoms with van der Waals surface area (Å²) in [6, 6.07) is 0. The number of hydrogen-bond donors (Lipinski definition) is 2. The normalized spacial score (nSPS) is 42.3. The average molecular weight is 333 g/mol. The van der Waals surface area contributed by atoms with Gasteiger partial charge in [0.25, 0.3) is 0 Å². The number of aliphatic hydroxyl groups excluding tert-OH is 1. The van der Waals surface area contributed by atoms with Gasteiger partial charge in [0.1, 0.15) is 0 Å². The van der Waals surface area contributed by atoms with Crippen molar-refractivity contribution in [2.45, 2.75) is 71.7 Å². The summed E-state index contributed by atoms with van der Waals surface area (Å²) in [6.45, 7) is 11.0.